The summed E-state index contributed by atoms with van der Waals surface area (Å²) in [5, 5.41) is 6.62. The first-order valence-electron chi connectivity index (χ1n) is 6.01. The van der Waals surface area contributed by atoms with Crippen LogP contribution in [0.5, 0.6) is 0 Å². The van der Waals surface area contributed by atoms with Crippen molar-refractivity contribution in [1.82, 2.24) is 15.5 Å². The van der Waals surface area contributed by atoms with Crippen LogP contribution in [0.15, 0.2) is 0 Å². The van der Waals surface area contributed by atoms with Gasteiger partial charge < -0.3 is 15.5 Å². The molecule has 2 aliphatic heterocycles. The van der Waals surface area contributed by atoms with Crippen LogP contribution in [0.25, 0.3) is 0 Å². The molecule has 1 amide bonds. The van der Waals surface area contributed by atoms with Crippen LogP contribution < -0.4 is 10.6 Å². The standard InChI is InChI=1S/C11H21N3O/c1-9-7-13-5-6-14(9)11(15)10-3-2-4-12-8-10/h9-10,12-13H,2-8H2,1H3/t9-,10?/m0/s1. The highest BCUT2D eigenvalue weighted by Gasteiger charge is 2.29. The first-order valence-corrected chi connectivity index (χ1v) is 6.01. The second-order valence-corrected chi connectivity index (χ2v) is 4.63. The molecule has 0 aromatic heterocycles. The minimum atomic E-state index is 0.222. The Morgan fingerprint density at radius 2 is 2.07 bits per heavy atom. The summed E-state index contributed by atoms with van der Waals surface area (Å²) in [4.78, 5) is 14.3. The molecule has 0 aliphatic carbocycles. The predicted octanol–water partition coefficient (Wildman–Crippen LogP) is -0.194. The molecule has 2 atom stereocenters. The quantitative estimate of drug-likeness (QED) is 0.632. The first kappa shape index (κ1) is 10.9. The van der Waals surface area contributed by atoms with Gasteiger partial charge in [0.1, 0.15) is 0 Å². The van der Waals surface area contributed by atoms with Gasteiger partial charge in [-0.3, -0.25) is 4.79 Å². The van der Waals surface area contributed by atoms with E-state index in [9.17, 15) is 4.79 Å². The fourth-order valence-corrected chi connectivity index (χ4v) is 2.47. The number of nitrogens with one attached hydrogen (secondary N) is 2. The monoisotopic (exact) mass is 211 g/mol. The number of nitrogens with zero attached hydrogens (tertiary/aromatic N) is 1. The van der Waals surface area contributed by atoms with E-state index in [1.807, 2.05) is 4.90 Å². The number of carbonyl (C=O) groups excluding carboxylic acids is 1. The molecule has 15 heavy (non-hydrogen) atoms. The van der Waals surface area contributed by atoms with E-state index in [1.165, 1.54) is 0 Å². The fraction of sp³-hybridized carbons (Fsp3) is 0.909. The molecular formula is C11H21N3O. The summed E-state index contributed by atoms with van der Waals surface area (Å²) < 4.78 is 0. The van der Waals surface area contributed by atoms with Crippen LogP contribution in [-0.2, 0) is 4.79 Å². The van der Waals surface area contributed by atoms with Gasteiger partial charge in [-0.15, -0.1) is 0 Å². The predicted molar refractivity (Wildman–Crippen MR) is 59.6 cm³/mol. The van der Waals surface area contributed by atoms with E-state index in [1.54, 1.807) is 0 Å². The largest absolute Gasteiger partial charge is 0.337 e. The van der Waals surface area contributed by atoms with Gasteiger partial charge in [-0.25, -0.2) is 0 Å². The van der Waals surface area contributed by atoms with Crippen molar-refractivity contribution in [1.29, 1.82) is 0 Å². The van der Waals surface area contributed by atoms with Crippen LogP contribution in [0.2, 0.25) is 0 Å². The molecule has 0 aromatic rings. The van der Waals surface area contributed by atoms with E-state index >= 15 is 0 Å². The van der Waals surface area contributed by atoms with Crippen LogP contribution >= 0.6 is 0 Å². The number of hydrogen-bond donors (Lipinski definition) is 2. The van der Waals surface area contributed by atoms with Crippen molar-refractivity contribution in [2.24, 2.45) is 5.92 Å². The molecule has 4 heteroatoms. The molecular weight excluding hydrogens is 190 g/mol. The lowest BCUT2D eigenvalue weighted by Crippen LogP contribution is -2.55. The zero-order chi connectivity index (χ0) is 10.7. The number of piperidine rings is 1. The van der Waals surface area contributed by atoms with E-state index in [-0.39, 0.29) is 5.92 Å². The first-order chi connectivity index (χ1) is 7.29. The number of rotatable bonds is 1. The molecule has 0 aromatic carbocycles. The Morgan fingerprint density at radius 1 is 1.27 bits per heavy atom. The lowest BCUT2D eigenvalue weighted by molar-refractivity contribution is -0.138. The van der Waals surface area contributed by atoms with Crippen LogP contribution in [0.1, 0.15) is 19.8 Å². The molecule has 0 spiro atoms. The third-order valence-electron chi connectivity index (χ3n) is 3.43. The number of amides is 1. The highest BCUT2D eigenvalue weighted by molar-refractivity contribution is 5.79. The third-order valence-corrected chi connectivity index (χ3v) is 3.43. The maximum Gasteiger partial charge on any atom is 0.227 e. The van der Waals surface area contributed by atoms with Gasteiger partial charge in [-0.2, -0.15) is 0 Å². The summed E-state index contributed by atoms with van der Waals surface area (Å²) in [6, 6.07) is 0.355. The van der Waals surface area contributed by atoms with Crippen molar-refractivity contribution in [3.63, 3.8) is 0 Å². The molecule has 2 saturated heterocycles. The Kier molecular flexibility index (Phi) is 3.59. The highest BCUT2D eigenvalue weighted by Crippen LogP contribution is 2.15. The van der Waals surface area contributed by atoms with E-state index < -0.39 is 0 Å². The third kappa shape index (κ3) is 2.49. The topological polar surface area (TPSA) is 44.4 Å². The molecule has 2 heterocycles. The van der Waals surface area contributed by atoms with Crippen molar-refractivity contribution in [2.45, 2.75) is 25.8 Å². The summed E-state index contributed by atoms with van der Waals surface area (Å²) in [5.74, 6) is 0.579. The summed E-state index contributed by atoms with van der Waals surface area (Å²) in [6.07, 6.45) is 2.19. The van der Waals surface area contributed by atoms with Crippen LogP contribution in [0, 0.1) is 5.92 Å². The number of hydrogen-bond acceptors (Lipinski definition) is 3. The molecule has 1 unspecified atom stereocenters. The van der Waals surface area contributed by atoms with Gasteiger partial charge in [0.2, 0.25) is 5.91 Å². The van der Waals surface area contributed by atoms with E-state index in [2.05, 4.69) is 17.6 Å². The van der Waals surface area contributed by atoms with Crippen molar-refractivity contribution in [3.8, 4) is 0 Å². The minimum absolute atomic E-state index is 0.222. The fourth-order valence-electron chi connectivity index (χ4n) is 2.47. The molecule has 0 radical (unpaired) electrons. The van der Waals surface area contributed by atoms with Gasteiger partial charge >= 0.3 is 0 Å². The Labute approximate surface area is 91.4 Å². The Hall–Kier alpha value is -0.610. The van der Waals surface area contributed by atoms with Crippen LogP contribution in [-0.4, -0.2) is 49.6 Å². The van der Waals surface area contributed by atoms with E-state index in [0.29, 0.717) is 11.9 Å². The van der Waals surface area contributed by atoms with E-state index in [0.717, 1.165) is 45.6 Å². The van der Waals surface area contributed by atoms with Gasteiger partial charge in [-0.05, 0) is 26.3 Å². The van der Waals surface area contributed by atoms with E-state index in [4.69, 9.17) is 0 Å². The molecule has 0 bridgehead atoms. The Bertz CT molecular complexity index is 226. The molecule has 2 fully saturated rings. The normalized spacial score (nSPS) is 32.7. The van der Waals surface area contributed by atoms with Crippen molar-refractivity contribution < 1.29 is 4.79 Å². The van der Waals surface area contributed by atoms with Gasteiger partial charge in [0, 0.05) is 32.2 Å². The molecule has 2 N–H and O–H groups in total. The molecule has 0 saturated carbocycles. The smallest absolute Gasteiger partial charge is 0.227 e. The Balaban J connectivity index is 1.92. The highest BCUT2D eigenvalue weighted by atomic mass is 16.2. The average molecular weight is 211 g/mol. The Morgan fingerprint density at radius 3 is 2.73 bits per heavy atom. The second kappa shape index (κ2) is 4.94. The zero-order valence-corrected chi connectivity index (χ0v) is 9.46. The maximum atomic E-state index is 12.2. The number of piperazine rings is 1. The summed E-state index contributed by atoms with van der Waals surface area (Å²) in [7, 11) is 0. The summed E-state index contributed by atoms with van der Waals surface area (Å²) in [6.45, 7) is 6.81. The summed E-state index contributed by atoms with van der Waals surface area (Å²) >= 11 is 0. The second-order valence-electron chi connectivity index (χ2n) is 4.63. The average Bonchev–Trinajstić information content (AvgIpc) is 2.30. The zero-order valence-electron chi connectivity index (χ0n) is 9.46. The van der Waals surface area contributed by atoms with Gasteiger partial charge in [0.25, 0.3) is 0 Å². The van der Waals surface area contributed by atoms with Crippen LogP contribution in [0.4, 0.5) is 0 Å². The van der Waals surface area contributed by atoms with Crippen molar-refractivity contribution in [2.75, 3.05) is 32.7 Å². The molecule has 4 nitrogen and oxygen atoms in total. The van der Waals surface area contributed by atoms with Crippen LogP contribution in [0.3, 0.4) is 0 Å². The van der Waals surface area contributed by atoms with Crippen molar-refractivity contribution in [3.05, 3.63) is 0 Å². The van der Waals surface area contributed by atoms with Gasteiger partial charge in [0.05, 0.1) is 5.92 Å². The lowest BCUT2D eigenvalue weighted by Gasteiger charge is -2.37. The van der Waals surface area contributed by atoms with Crippen molar-refractivity contribution >= 4 is 5.91 Å². The van der Waals surface area contributed by atoms with Gasteiger partial charge in [-0.1, -0.05) is 0 Å². The maximum absolute atomic E-state index is 12.2. The van der Waals surface area contributed by atoms with Gasteiger partial charge in [0.15, 0.2) is 0 Å². The molecule has 86 valence electrons. The summed E-state index contributed by atoms with van der Waals surface area (Å²) in [5.41, 5.74) is 0. The number of carbonyl (C=O) groups is 1. The molecule has 2 rings (SSSR count). The lowest BCUT2D eigenvalue weighted by atomic mass is 9.97. The SMILES string of the molecule is C[C@H]1CNCCN1C(=O)C1CCCNC1. The molecule has 2 aliphatic rings. The minimum Gasteiger partial charge on any atom is -0.337 e.